The van der Waals surface area contributed by atoms with Gasteiger partial charge in [-0.3, -0.25) is 4.79 Å². The van der Waals surface area contributed by atoms with Gasteiger partial charge < -0.3 is 14.8 Å². The Morgan fingerprint density at radius 2 is 1.67 bits per heavy atom. The molecule has 3 aromatic rings. The Hall–Kier alpha value is -3.74. The predicted octanol–water partition coefficient (Wildman–Crippen LogP) is 4.73. The van der Waals surface area contributed by atoms with Crippen molar-refractivity contribution in [1.82, 2.24) is 0 Å². The van der Waals surface area contributed by atoms with Crippen LogP contribution in [0.2, 0.25) is 0 Å². The molecule has 3 aromatic carbocycles. The molecule has 0 fully saturated rings. The zero-order chi connectivity index (χ0) is 21.5. The highest BCUT2D eigenvalue weighted by atomic mass is 19.1. The molecule has 1 atom stereocenters. The van der Waals surface area contributed by atoms with Crippen molar-refractivity contribution in [3.05, 3.63) is 95.6 Å². The number of halogens is 2. The van der Waals surface area contributed by atoms with Crippen molar-refractivity contribution in [2.45, 2.75) is 19.6 Å². The predicted molar refractivity (Wildman–Crippen MR) is 107 cm³/mol. The molecule has 0 unspecified atom stereocenters. The summed E-state index contributed by atoms with van der Waals surface area (Å²) in [5.74, 6) is -2.38. The number of nitrogens with one attached hydrogen (secondary N) is 1. The van der Waals surface area contributed by atoms with Crippen LogP contribution in [-0.2, 0) is 16.1 Å². The second-order valence-corrected chi connectivity index (χ2v) is 6.46. The summed E-state index contributed by atoms with van der Waals surface area (Å²) in [4.78, 5) is 24.4. The van der Waals surface area contributed by atoms with E-state index in [2.05, 4.69) is 5.32 Å². The fourth-order valence-corrected chi connectivity index (χ4v) is 2.53. The molecule has 1 N–H and O–H groups in total. The molecule has 0 bridgehead atoms. The molecule has 0 aliphatic heterocycles. The second-order valence-electron chi connectivity index (χ2n) is 6.46. The van der Waals surface area contributed by atoms with Gasteiger partial charge in [0.1, 0.15) is 24.0 Å². The molecule has 0 radical (unpaired) electrons. The maximum absolute atomic E-state index is 13.6. The Kier molecular flexibility index (Phi) is 6.75. The number of ether oxygens (including phenoxy) is 2. The first-order valence-electron chi connectivity index (χ1n) is 9.16. The molecule has 7 heteroatoms. The number of benzene rings is 3. The Morgan fingerprint density at radius 1 is 0.967 bits per heavy atom. The summed E-state index contributed by atoms with van der Waals surface area (Å²) >= 11 is 0. The van der Waals surface area contributed by atoms with E-state index in [-0.39, 0.29) is 11.3 Å². The van der Waals surface area contributed by atoms with Gasteiger partial charge in [-0.05, 0) is 48.9 Å². The number of carbonyl (C=O) groups excluding carboxylic acids is 2. The van der Waals surface area contributed by atoms with Gasteiger partial charge in [0.25, 0.3) is 5.91 Å². The van der Waals surface area contributed by atoms with E-state index >= 15 is 0 Å². The van der Waals surface area contributed by atoms with Gasteiger partial charge in [-0.2, -0.15) is 0 Å². The molecule has 0 saturated carbocycles. The van der Waals surface area contributed by atoms with Gasteiger partial charge in [0.15, 0.2) is 6.10 Å². The first kappa shape index (κ1) is 21.0. The first-order valence-corrected chi connectivity index (χ1v) is 9.16. The molecular weight excluding hydrogens is 392 g/mol. The lowest BCUT2D eigenvalue weighted by Crippen LogP contribution is -2.30. The third-order valence-corrected chi connectivity index (χ3v) is 4.18. The standard InChI is InChI=1S/C23H19F2NO4/c1-15(22(27)26-21-12-11-18(24)13-20(21)25)30-23(28)17-9-7-16(8-10-17)14-29-19-5-3-2-4-6-19/h2-13,15H,14H2,1H3,(H,26,27)/t15-/m0/s1. The van der Waals surface area contributed by atoms with Crippen LogP contribution in [0, 0.1) is 11.6 Å². The highest BCUT2D eigenvalue weighted by molar-refractivity contribution is 5.97. The van der Waals surface area contributed by atoms with Crippen molar-refractivity contribution in [2.75, 3.05) is 5.32 Å². The third-order valence-electron chi connectivity index (χ3n) is 4.18. The Labute approximate surface area is 172 Å². The van der Waals surface area contributed by atoms with E-state index in [9.17, 15) is 18.4 Å². The summed E-state index contributed by atoms with van der Waals surface area (Å²) in [6.07, 6.45) is -1.18. The zero-order valence-corrected chi connectivity index (χ0v) is 16.1. The van der Waals surface area contributed by atoms with Crippen molar-refractivity contribution in [3.63, 3.8) is 0 Å². The highest BCUT2D eigenvalue weighted by Gasteiger charge is 2.20. The van der Waals surface area contributed by atoms with Gasteiger partial charge in [-0.1, -0.05) is 30.3 Å². The maximum Gasteiger partial charge on any atom is 0.338 e. The molecule has 0 spiro atoms. The number of amides is 1. The molecule has 5 nitrogen and oxygen atoms in total. The van der Waals surface area contributed by atoms with E-state index in [1.54, 1.807) is 24.3 Å². The molecule has 3 rings (SSSR count). The average Bonchev–Trinajstić information content (AvgIpc) is 2.75. The summed E-state index contributed by atoms with van der Waals surface area (Å²) in [6.45, 7) is 1.69. The summed E-state index contributed by atoms with van der Waals surface area (Å²) in [5, 5.41) is 2.26. The monoisotopic (exact) mass is 411 g/mol. The lowest BCUT2D eigenvalue weighted by Gasteiger charge is -2.14. The van der Waals surface area contributed by atoms with Crippen LogP contribution in [-0.4, -0.2) is 18.0 Å². The van der Waals surface area contributed by atoms with Crippen molar-refractivity contribution in [3.8, 4) is 5.75 Å². The van der Waals surface area contributed by atoms with Crippen LogP contribution in [0.15, 0.2) is 72.8 Å². The van der Waals surface area contributed by atoms with Crippen LogP contribution in [0.1, 0.15) is 22.8 Å². The fourth-order valence-electron chi connectivity index (χ4n) is 2.53. The summed E-state index contributed by atoms with van der Waals surface area (Å²) in [7, 11) is 0. The SMILES string of the molecule is C[C@H](OC(=O)c1ccc(COc2ccccc2)cc1)C(=O)Nc1ccc(F)cc1F. The van der Waals surface area contributed by atoms with E-state index in [1.807, 2.05) is 30.3 Å². The van der Waals surface area contributed by atoms with Gasteiger partial charge in [0.2, 0.25) is 0 Å². The second kappa shape index (κ2) is 9.65. The summed E-state index contributed by atoms with van der Waals surface area (Å²) < 4.78 is 37.3. The molecule has 1 amide bonds. The van der Waals surface area contributed by atoms with Crippen molar-refractivity contribution in [2.24, 2.45) is 0 Å². The number of hydrogen-bond donors (Lipinski definition) is 1. The molecule has 0 aromatic heterocycles. The first-order chi connectivity index (χ1) is 14.4. The molecule has 154 valence electrons. The molecule has 0 heterocycles. The number of carbonyl (C=O) groups is 2. The van der Waals surface area contributed by atoms with E-state index in [1.165, 1.54) is 6.92 Å². The molecule has 0 aliphatic carbocycles. The summed E-state index contributed by atoms with van der Waals surface area (Å²) in [6, 6.07) is 18.6. The number of hydrogen-bond acceptors (Lipinski definition) is 4. The number of rotatable bonds is 7. The zero-order valence-electron chi connectivity index (χ0n) is 16.1. The lowest BCUT2D eigenvalue weighted by atomic mass is 10.1. The van der Waals surface area contributed by atoms with Crippen molar-refractivity contribution >= 4 is 17.6 Å². The minimum absolute atomic E-state index is 0.202. The van der Waals surface area contributed by atoms with Gasteiger partial charge in [0.05, 0.1) is 11.3 Å². The van der Waals surface area contributed by atoms with Gasteiger partial charge >= 0.3 is 5.97 Å². The van der Waals surface area contributed by atoms with E-state index < -0.39 is 29.6 Å². The van der Waals surface area contributed by atoms with Crippen LogP contribution in [0.25, 0.3) is 0 Å². The quantitative estimate of drug-likeness (QED) is 0.571. The smallest absolute Gasteiger partial charge is 0.338 e. The van der Waals surface area contributed by atoms with E-state index in [0.717, 1.165) is 23.4 Å². The number of anilines is 1. The van der Waals surface area contributed by atoms with Crippen LogP contribution >= 0.6 is 0 Å². The third kappa shape index (κ3) is 5.64. The topological polar surface area (TPSA) is 64.6 Å². The van der Waals surface area contributed by atoms with E-state index in [4.69, 9.17) is 9.47 Å². The van der Waals surface area contributed by atoms with Crippen molar-refractivity contribution < 1.29 is 27.8 Å². The van der Waals surface area contributed by atoms with Crippen LogP contribution in [0.5, 0.6) is 5.75 Å². The number of esters is 1. The van der Waals surface area contributed by atoms with Gasteiger partial charge in [0, 0.05) is 6.07 Å². The van der Waals surface area contributed by atoms with Gasteiger partial charge in [-0.15, -0.1) is 0 Å². The lowest BCUT2D eigenvalue weighted by molar-refractivity contribution is -0.123. The van der Waals surface area contributed by atoms with Crippen LogP contribution in [0.3, 0.4) is 0 Å². The Bertz CT molecular complexity index is 1020. The Balaban J connectivity index is 1.53. The summed E-state index contributed by atoms with van der Waals surface area (Å²) in [5.41, 5.74) is 0.908. The minimum atomic E-state index is -1.18. The molecular formula is C23H19F2NO4. The van der Waals surface area contributed by atoms with Gasteiger partial charge in [-0.25, -0.2) is 13.6 Å². The molecule has 0 saturated heterocycles. The normalized spacial score (nSPS) is 11.4. The average molecular weight is 411 g/mol. The molecule has 30 heavy (non-hydrogen) atoms. The minimum Gasteiger partial charge on any atom is -0.489 e. The largest absolute Gasteiger partial charge is 0.489 e. The molecule has 0 aliphatic rings. The Morgan fingerprint density at radius 3 is 2.33 bits per heavy atom. The van der Waals surface area contributed by atoms with Crippen LogP contribution < -0.4 is 10.1 Å². The van der Waals surface area contributed by atoms with Crippen molar-refractivity contribution in [1.29, 1.82) is 0 Å². The van der Waals surface area contributed by atoms with Crippen LogP contribution in [0.4, 0.5) is 14.5 Å². The highest BCUT2D eigenvalue weighted by Crippen LogP contribution is 2.16. The fraction of sp³-hybridized carbons (Fsp3) is 0.130. The van der Waals surface area contributed by atoms with E-state index in [0.29, 0.717) is 12.7 Å². The number of para-hydroxylation sites is 1. The maximum atomic E-state index is 13.6.